The van der Waals surface area contributed by atoms with Crippen molar-refractivity contribution >= 4 is 11.4 Å². The minimum atomic E-state index is -2.60. The van der Waals surface area contributed by atoms with Crippen molar-refractivity contribution in [2.24, 2.45) is 0 Å². The Morgan fingerprint density at radius 3 is 2.57 bits per heavy atom. The Kier molecular flexibility index (Phi) is 4.42. The van der Waals surface area contributed by atoms with E-state index in [4.69, 9.17) is 0 Å². The summed E-state index contributed by atoms with van der Waals surface area (Å²) in [6, 6.07) is 9.06. The van der Waals surface area contributed by atoms with Gasteiger partial charge >= 0.3 is 0 Å². The molecule has 0 saturated heterocycles. The number of nitrogens with zero attached hydrogens (tertiary/aromatic N) is 1. The highest BCUT2D eigenvalue weighted by Crippen LogP contribution is 2.28. The topological polar surface area (TPSA) is 55.2 Å². The van der Waals surface area contributed by atoms with Crippen LogP contribution in [-0.2, 0) is 6.54 Å². The summed E-state index contributed by atoms with van der Waals surface area (Å²) in [5.41, 5.74) is -0.340. The number of rotatable bonds is 5. The Balaban J connectivity index is 2.21. The second kappa shape index (κ2) is 6.25. The highest BCUT2D eigenvalue weighted by Gasteiger charge is 2.17. The molecule has 1 N–H and O–H groups in total. The van der Waals surface area contributed by atoms with Gasteiger partial charge in [0, 0.05) is 18.2 Å². The number of nitro benzene ring substituents is 1. The van der Waals surface area contributed by atoms with E-state index in [0.717, 1.165) is 6.07 Å². The number of anilines is 1. The number of nitro groups is 1. The molecular formula is C14H11F3N2O2. The molecule has 4 nitrogen and oxygen atoms in total. The van der Waals surface area contributed by atoms with Gasteiger partial charge in [-0.2, -0.15) is 0 Å². The Bertz CT molecular complexity index is 662. The third kappa shape index (κ3) is 3.50. The van der Waals surface area contributed by atoms with E-state index < -0.39 is 22.9 Å². The maximum absolute atomic E-state index is 13.6. The zero-order valence-electron chi connectivity index (χ0n) is 10.7. The Morgan fingerprint density at radius 1 is 1.19 bits per heavy atom. The van der Waals surface area contributed by atoms with Crippen molar-refractivity contribution in [2.75, 3.05) is 5.32 Å². The van der Waals surface area contributed by atoms with Crippen LogP contribution in [0.15, 0.2) is 42.5 Å². The van der Waals surface area contributed by atoms with Crippen LogP contribution in [0.5, 0.6) is 0 Å². The summed E-state index contributed by atoms with van der Waals surface area (Å²) in [5.74, 6) is -0.769. The summed E-state index contributed by atoms with van der Waals surface area (Å²) in [4.78, 5) is 10.1. The predicted molar refractivity (Wildman–Crippen MR) is 71.8 cm³/mol. The first-order chi connectivity index (χ1) is 9.99. The lowest BCUT2D eigenvalue weighted by molar-refractivity contribution is -0.384. The number of halogens is 3. The largest absolute Gasteiger partial charge is 0.373 e. The number of hydrogen-bond acceptors (Lipinski definition) is 3. The number of para-hydroxylation sites is 1. The zero-order chi connectivity index (χ0) is 15.4. The molecule has 0 unspecified atom stereocenters. The molecule has 0 saturated carbocycles. The molecule has 0 radical (unpaired) electrons. The van der Waals surface area contributed by atoms with Crippen LogP contribution in [0.1, 0.15) is 17.6 Å². The standard InChI is InChI=1S/C14H11F3N2O2/c15-11-5-2-6-12(19(20)21)13(11)18-8-9-3-1-4-10(7-9)14(16)17/h1-7,14,18H,8H2. The third-order valence-electron chi connectivity index (χ3n) is 2.86. The van der Waals surface area contributed by atoms with Crippen LogP contribution >= 0.6 is 0 Å². The summed E-state index contributed by atoms with van der Waals surface area (Å²) >= 11 is 0. The summed E-state index contributed by atoms with van der Waals surface area (Å²) in [7, 11) is 0. The van der Waals surface area contributed by atoms with Gasteiger partial charge in [0.2, 0.25) is 0 Å². The van der Waals surface area contributed by atoms with E-state index in [1.807, 2.05) is 0 Å². The van der Waals surface area contributed by atoms with Crippen LogP contribution in [0, 0.1) is 15.9 Å². The van der Waals surface area contributed by atoms with Crippen LogP contribution in [0.3, 0.4) is 0 Å². The zero-order valence-corrected chi connectivity index (χ0v) is 10.7. The van der Waals surface area contributed by atoms with E-state index in [2.05, 4.69) is 5.32 Å². The lowest BCUT2D eigenvalue weighted by Crippen LogP contribution is -2.05. The Hall–Kier alpha value is -2.57. The molecule has 7 heteroatoms. The summed E-state index contributed by atoms with van der Waals surface area (Å²) in [6.45, 7) is 0.00231. The van der Waals surface area contributed by atoms with Crippen LogP contribution in [0.4, 0.5) is 24.5 Å². The molecule has 0 atom stereocenters. The molecule has 0 amide bonds. The minimum Gasteiger partial charge on any atom is -0.373 e. The molecule has 110 valence electrons. The lowest BCUT2D eigenvalue weighted by atomic mass is 10.1. The summed E-state index contributed by atoms with van der Waals surface area (Å²) in [6.07, 6.45) is -2.60. The summed E-state index contributed by atoms with van der Waals surface area (Å²) in [5, 5.41) is 13.4. The molecule has 0 aliphatic rings. The Morgan fingerprint density at radius 2 is 1.90 bits per heavy atom. The first kappa shape index (κ1) is 14.8. The van der Waals surface area contributed by atoms with Gasteiger partial charge in [0.25, 0.3) is 12.1 Å². The lowest BCUT2D eigenvalue weighted by Gasteiger charge is -2.09. The van der Waals surface area contributed by atoms with Crippen LogP contribution in [-0.4, -0.2) is 4.92 Å². The van der Waals surface area contributed by atoms with Crippen LogP contribution in [0.25, 0.3) is 0 Å². The van der Waals surface area contributed by atoms with Crippen molar-refractivity contribution in [3.8, 4) is 0 Å². The van der Waals surface area contributed by atoms with E-state index in [1.54, 1.807) is 6.07 Å². The quantitative estimate of drug-likeness (QED) is 0.661. The average Bonchev–Trinajstić information content (AvgIpc) is 2.46. The first-order valence-corrected chi connectivity index (χ1v) is 6.03. The van der Waals surface area contributed by atoms with Gasteiger partial charge in [-0.15, -0.1) is 0 Å². The van der Waals surface area contributed by atoms with Crippen molar-refractivity contribution in [1.29, 1.82) is 0 Å². The van der Waals surface area contributed by atoms with E-state index in [0.29, 0.717) is 5.56 Å². The number of benzene rings is 2. The molecule has 21 heavy (non-hydrogen) atoms. The highest BCUT2D eigenvalue weighted by atomic mass is 19.3. The SMILES string of the molecule is O=[N+]([O-])c1cccc(F)c1NCc1cccc(C(F)F)c1. The van der Waals surface area contributed by atoms with Gasteiger partial charge in [-0.25, -0.2) is 13.2 Å². The highest BCUT2D eigenvalue weighted by molar-refractivity contribution is 5.62. The molecule has 0 aliphatic heterocycles. The van der Waals surface area contributed by atoms with Gasteiger partial charge < -0.3 is 5.32 Å². The molecule has 2 aromatic carbocycles. The molecule has 0 spiro atoms. The van der Waals surface area contributed by atoms with Crippen molar-refractivity contribution in [1.82, 2.24) is 0 Å². The maximum atomic E-state index is 13.6. The van der Waals surface area contributed by atoms with Gasteiger partial charge in [-0.05, 0) is 17.7 Å². The molecular weight excluding hydrogens is 285 g/mol. The fraction of sp³-hybridized carbons (Fsp3) is 0.143. The van der Waals surface area contributed by atoms with Crippen molar-refractivity contribution in [3.05, 3.63) is 69.5 Å². The van der Waals surface area contributed by atoms with E-state index >= 15 is 0 Å². The van der Waals surface area contributed by atoms with Gasteiger partial charge in [-0.1, -0.05) is 24.3 Å². The number of alkyl halides is 2. The second-order valence-corrected chi connectivity index (χ2v) is 4.29. The van der Waals surface area contributed by atoms with Gasteiger partial charge in [0.05, 0.1) is 4.92 Å². The second-order valence-electron chi connectivity index (χ2n) is 4.29. The molecule has 2 aromatic rings. The molecule has 0 aromatic heterocycles. The minimum absolute atomic E-state index is 0.00231. The molecule has 0 fully saturated rings. The fourth-order valence-electron chi connectivity index (χ4n) is 1.87. The van der Waals surface area contributed by atoms with E-state index in [1.165, 1.54) is 30.3 Å². The van der Waals surface area contributed by atoms with Gasteiger partial charge in [-0.3, -0.25) is 10.1 Å². The molecule has 0 bridgehead atoms. The van der Waals surface area contributed by atoms with Gasteiger partial charge in [0.15, 0.2) is 5.82 Å². The number of hydrogen-bond donors (Lipinski definition) is 1. The normalized spacial score (nSPS) is 10.7. The molecule has 2 rings (SSSR count). The smallest absolute Gasteiger partial charge is 0.295 e. The molecule has 0 aliphatic carbocycles. The summed E-state index contributed by atoms with van der Waals surface area (Å²) < 4.78 is 38.8. The molecule has 0 heterocycles. The fourth-order valence-corrected chi connectivity index (χ4v) is 1.87. The van der Waals surface area contributed by atoms with E-state index in [-0.39, 0.29) is 17.8 Å². The first-order valence-electron chi connectivity index (χ1n) is 6.03. The maximum Gasteiger partial charge on any atom is 0.295 e. The number of nitrogens with one attached hydrogen (secondary N) is 1. The third-order valence-corrected chi connectivity index (χ3v) is 2.86. The van der Waals surface area contributed by atoms with Crippen LogP contribution in [0.2, 0.25) is 0 Å². The average molecular weight is 296 g/mol. The van der Waals surface area contributed by atoms with Crippen molar-refractivity contribution < 1.29 is 18.1 Å². The van der Waals surface area contributed by atoms with Gasteiger partial charge in [0.1, 0.15) is 5.69 Å². The van der Waals surface area contributed by atoms with Crippen molar-refractivity contribution in [2.45, 2.75) is 13.0 Å². The predicted octanol–water partition coefficient (Wildman–Crippen LogP) is 4.28. The van der Waals surface area contributed by atoms with Crippen molar-refractivity contribution in [3.63, 3.8) is 0 Å². The monoisotopic (exact) mass is 296 g/mol. The van der Waals surface area contributed by atoms with Crippen LogP contribution < -0.4 is 5.32 Å². The van der Waals surface area contributed by atoms with E-state index in [9.17, 15) is 23.3 Å². The Labute approximate surface area is 118 Å².